The van der Waals surface area contributed by atoms with E-state index in [1.54, 1.807) is 0 Å². The lowest BCUT2D eigenvalue weighted by Gasteiger charge is -2.58. The van der Waals surface area contributed by atoms with Crippen LogP contribution < -0.4 is 0 Å². The van der Waals surface area contributed by atoms with Gasteiger partial charge in [0.15, 0.2) is 6.29 Å². The van der Waals surface area contributed by atoms with Crippen molar-refractivity contribution < 1.29 is 29.9 Å². The molecule has 0 amide bonds. The topological polar surface area (TPSA) is 99.4 Å². The van der Waals surface area contributed by atoms with E-state index in [0.29, 0.717) is 5.41 Å². The number of allylic oxidation sites excluding steroid dienone is 1. The highest BCUT2D eigenvalue weighted by atomic mass is 16.7. The molecule has 4 aliphatic carbocycles. The summed E-state index contributed by atoms with van der Waals surface area (Å²) in [7, 11) is 0. The Labute approximate surface area is 249 Å². The van der Waals surface area contributed by atoms with Gasteiger partial charge in [0.05, 0.1) is 12.7 Å². The first-order valence-corrected chi connectivity index (χ1v) is 17.1. The number of hydrogen-bond acceptors (Lipinski definition) is 6. The molecule has 14 atom stereocenters. The van der Waals surface area contributed by atoms with E-state index in [1.165, 1.54) is 56.9 Å². The zero-order valence-corrected chi connectivity index (χ0v) is 26.7. The lowest BCUT2D eigenvalue weighted by molar-refractivity contribution is -0.313. The molecular formula is C35H60O6. The summed E-state index contributed by atoms with van der Waals surface area (Å²) in [6.45, 7) is 14.5. The Kier molecular flexibility index (Phi) is 9.71. The van der Waals surface area contributed by atoms with E-state index >= 15 is 0 Å². The van der Waals surface area contributed by atoms with Gasteiger partial charge in [-0.05, 0) is 110 Å². The third-order valence-corrected chi connectivity index (χ3v) is 13.5. The first-order valence-electron chi connectivity index (χ1n) is 17.1. The molecule has 1 heterocycles. The van der Waals surface area contributed by atoms with Gasteiger partial charge >= 0.3 is 0 Å². The molecule has 4 N–H and O–H groups in total. The number of rotatable bonds is 9. The fraction of sp³-hybridized carbons (Fsp3) is 0.943. The van der Waals surface area contributed by atoms with Gasteiger partial charge < -0.3 is 29.9 Å². The lowest BCUT2D eigenvalue weighted by Crippen LogP contribution is -2.60. The molecule has 41 heavy (non-hydrogen) atoms. The minimum absolute atomic E-state index is 0.101. The van der Waals surface area contributed by atoms with Crippen molar-refractivity contribution in [3.8, 4) is 0 Å². The van der Waals surface area contributed by atoms with Crippen LogP contribution >= 0.6 is 0 Å². The SMILES string of the molecule is CC[C@@H](CC[C@@H](C)[C@H]1CC[C@@H]2[C@@H]3CC=C4C[C@H](O[C@@H]5O[C@H](CO)[C@@H](O)[C@H](O)[C@H]5O)CC[C@@]4(C)[C@H]3CC[C@@]21C)C(C)C. The second-order valence-corrected chi connectivity index (χ2v) is 15.7. The van der Waals surface area contributed by atoms with Gasteiger partial charge in [-0.1, -0.05) is 66.0 Å². The van der Waals surface area contributed by atoms with E-state index in [1.807, 2.05) is 0 Å². The number of hydrogen-bond donors (Lipinski definition) is 4. The largest absolute Gasteiger partial charge is 0.394 e. The van der Waals surface area contributed by atoms with Crippen LogP contribution in [0.2, 0.25) is 0 Å². The van der Waals surface area contributed by atoms with Gasteiger partial charge in [0.2, 0.25) is 0 Å². The Balaban J connectivity index is 1.24. The van der Waals surface area contributed by atoms with E-state index < -0.39 is 37.3 Å². The highest BCUT2D eigenvalue weighted by molar-refractivity contribution is 5.25. The van der Waals surface area contributed by atoms with Crippen molar-refractivity contribution in [1.82, 2.24) is 0 Å². The van der Waals surface area contributed by atoms with Crippen LogP contribution in [0.3, 0.4) is 0 Å². The van der Waals surface area contributed by atoms with E-state index in [4.69, 9.17) is 9.47 Å². The molecule has 3 saturated carbocycles. The van der Waals surface area contributed by atoms with Crippen molar-refractivity contribution in [1.29, 1.82) is 0 Å². The van der Waals surface area contributed by atoms with Gasteiger partial charge in [0, 0.05) is 0 Å². The van der Waals surface area contributed by atoms with Gasteiger partial charge in [-0.2, -0.15) is 0 Å². The molecule has 0 bridgehead atoms. The first-order chi connectivity index (χ1) is 19.4. The van der Waals surface area contributed by atoms with Crippen molar-refractivity contribution in [2.24, 2.45) is 52.3 Å². The molecule has 0 unspecified atom stereocenters. The molecule has 0 spiro atoms. The van der Waals surface area contributed by atoms with Crippen molar-refractivity contribution in [3.05, 3.63) is 11.6 Å². The van der Waals surface area contributed by atoms with Gasteiger partial charge in [-0.15, -0.1) is 0 Å². The first kappa shape index (κ1) is 31.9. The van der Waals surface area contributed by atoms with Gasteiger partial charge in [-0.25, -0.2) is 0 Å². The smallest absolute Gasteiger partial charge is 0.186 e. The van der Waals surface area contributed by atoms with Crippen LogP contribution in [0.1, 0.15) is 112 Å². The maximum atomic E-state index is 10.5. The maximum absolute atomic E-state index is 10.5. The van der Waals surface area contributed by atoms with Crippen LogP contribution in [0, 0.1) is 52.3 Å². The highest BCUT2D eigenvalue weighted by Gasteiger charge is 2.59. The zero-order valence-electron chi connectivity index (χ0n) is 26.7. The van der Waals surface area contributed by atoms with Crippen LogP contribution in [0.4, 0.5) is 0 Å². The molecule has 0 aromatic heterocycles. The zero-order chi connectivity index (χ0) is 29.7. The summed E-state index contributed by atoms with van der Waals surface area (Å²) >= 11 is 0. The van der Waals surface area contributed by atoms with Gasteiger partial charge in [0.1, 0.15) is 24.4 Å². The summed E-state index contributed by atoms with van der Waals surface area (Å²) in [6.07, 6.45) is 9.92. The quantitative estimate of drug-likeness (QED) is 0.257. The minimum atomic E-state index is -1.40. The molecule has 5 aliphatic rings. The summed E-state index contributed by atoms with van der Waals surface area (Å²) in [5.41, 5.74) is 2.19. The summed E-state index contributed by atoms with van der Waals surface area (Å²) in [6, 6.07) is 0. The van der Waals surface area contributed by atoms with Crippen LogP contribution in [-0.2, 0) is 9.47 Å². The molecule has 1 aliphatic heterocycles. The third-order valence-electron chi connectivity index (χ3n) is 13.5. The van der Waals surface area contributed by atoms with E-state index in [-0.39, 0.29) is 11.5 Å². The van der Waals surface area contributed by atoms with Crippen molar-refractivity contribution in [3.63, 3.8) is 0 Å². The van der Waals surface area contributed by atoms with Crippen molar-refractivity contribution >= 4 is 0 Å². The molecule has 5 rings (SSSR count). The Morgan fingerprint density at radius 2 is 1.71 bits per heavy atom. The molecule has 1 saturated heterocycles. The number of ether oxygens (including phenoxy) is 2. The molecule has 0 aromatic rings. The maximum Gasteiger partial charge on any atom is 0.186 e. The molecule has 6 heteroatoms. The monoisotopic (exact) mass is 576 g/mol. The highest BCUT2D eigenvalue weighted by Crippen LogP contribution is 2.67. The second kappa shape index (κ2) is 12.5. The second-order valence-electron chi connectivity index (χ2n) is 15.7. The van der Waals surface area contributed by atoms with Crippen LogP contribution in [0.5, 0.6) is 0 Å². The summed E-state index contributed by atoms with van der Waals surface area (Å²) in [4.78, 5) is 0. The Morgan fingerprint density at radius 3 is 2.39 bits per heavy atom. The molecule has 236 valence electrons. The van der Waals surface area contributed by atoms with E-state index in [2.05, 4.69) is 47.6 Å². The van der Waals surface area contributed by atoms with Crippen molar-refractivity contribution in [2.45, 2.75) is 149 Å². The van der Waals surface area contributed by atoms with Gasteiger partial charge in [0.25, 0.3) is 0 Å². The Hall–Kier alpha value is -0.500. The van der Waals surface area contributed by atoms with E-state index in [0.717, 1.165) is 60.7 Å². The summed E-state index contributed by atoms with van der Waals surface area (Å²) < 4.78 is 11.9. The Bertz CT molecular complexity index is 918. The molecule has 4 fully saturated rings. The molecular weight excluding hydrogens is 516 g/mol. The number of fused-ring (bicyclic) bond motifs is 5. The standard InChI is InChI=1S/C35H60O6/c1-7-22(20(2)3)9-8-21(4)26-12-13-27-25-11-10-23-18-24(14-16-34(23,5)28(25)15-17-35(26,27)6)40-33-32(39)31(38)30(37)29(19-36)41-33/h10,20-22,24-33,36-39H,7-9,11-19H2,1-6H3/t21-,22+,24-,25+,26-,27-,28+,29-,30-,31+,32-,33-,34-,35-/m1/s1. The van der Waals surface area contributed by atoms with Crippen LogP contribution in [0.25, 0.3) is 0 Å². The third kappa shape index (κ3) is 5.73. The molecule has 0 radical (unpaired) electrons. The predicted molar refractivity (Wildman–Crippen MR) is 161 cm³/mol. The fourth-order valence-corrected chi connectivity index (χ4v) is 10.8. The summed E-state index contributed by atoms with van der Waals surface area (Å²) in [5, 5.41) is 40.4. The van der Waals surface area contributed by atoms with E-state index in [9.17, 15) is 20.4 Å². The Morgan fingerprint density at radius 1 is 0.951 bits per heavy atom. The van der Waals surface area contributed by atoms with Crippen LogP contribution in [0.15, 0.2) is 11.6 Å². The predicted octanol–water partition coefficient (Wildman–Crippen LogP) is 5.85. The normalized spacial score (nSPS) is 47.7. The number of aliphatic hydroxyl groups excluding tert-OH is 4. The average molecular weight is 577 g/mol. The molecule has 6 nitrogen and oxygen atoms in total. The fourth-order valence-electron chi connectivity index (χ4n) is 10.8. The number of aliphatic hydroxyl groups is 4. The summed E-state index contributed by atoms with van der Waals surface area (Å²) in [5.74, 6) is 5.66. The minimum Gasteiger partial charge on any atom is -0.394 e. The van der Waals surface area contributed by atoms with Gasteiger partial charge in [-0.3, -0.25) is 0 Å². The lowest BCUT2D eigenvalue weighted by atomic mass is 9.47. The average Bonchev–Trinajstić information content (AvgIpc) is 3.30. The molecule has 0 aromatic carbocycles. The van der Waals surface area contributed by atoms with Crippen LogP contribution in [-0.4, -0.2) is 63.8 Å². The van der Waals surface area contributed by atoms with Crippen molar-refractivity contribution in [2.75, 3.05) is 6.61 Å².